The lowest BCUT2D eigenvalue weighted by Gasteiger charge is -2.10. The monoisotopic (exact) mass is 373 g/mol. The number of nitrogens with one attached hydrogen (secondary N) is 1. The van der Waals surface area contributed by atoms with Crippen LogP contribution in [0.15, 0.2) is 27.3 Å². The standard InChI is InChI=1S/C12H10Br2FN3/c1-6-3-8(13)9(15)4-10(6)18-12-5-11(14)16-7(2)17-12/h3-5H,1-2H3,(H,16,17,18). The normalized spacial score (nSPS) is 10.5. The molecule has 0 fully saturated rings. The molecule has 0 unspecified atom stereocenters. The average Bonchev–Trinajstić information content (AvgIpc) is 2.24. The summed E-state index contributed by atoms with van der Waals surface area (Å²) >= 11 is 6.45. The zero-order valence-electron chi connectivity index (χ0n) is 9.76. The van der Waals surface area contributed by atoms with E-state index in [0.717, 1.165) is 5.56 Å². The molecule has 1 aromatic heterocycles. The number of hydrogen-bond donors (Lipinski definition) is 1. The molecule has 0 aliphatic heterocycles. The van der Waals surface area contributed by atoms with E-state index < -0.39 is 0 Å². The predicted octanol–water partition coefficient (Wildman–Crippen LogP) is 4.50. The lowest BCUT2D eigenvalue weighted by molar-refractivity contribution is 0.621. The molecule has 1 N–H and O–H groups in total. The predicted molar refractivity (Wildman–Crippen MR) is 76.6 cm³/mol. The molecule has 0 aliphatic carbocycles. The van der Waals surface area contributed by atoms with E-state index in [9.17, 15) is 4.39 Å². The van der Waals surface area contributed by atoms with Gasteiger partial charge in [0, 0.05) is 11.8 Å². The maximum atomic E-state index is 13.5. The maximum absolute atomic E-state index is 13.5. The van der Waals surface area contributed by atoms with Crippen molar-refractivity contribution in [2.24, 2.45) is 0 Å². The molecule has 2 aromatic rings. The molecular formula is C12H10Br2FN3. The molecule has 1 heterocycles. The topological polar surface area (TPSA) is 37.8 Å². The Balaban J connectivity index is 2.36. The fourth-order valence-electron chi connectivity index (χ4n) is 1.51. The van der Waals surface area contributed by atoms with E-state index in [4.69, 9.17) is 0 Å². The highest BCUT2D eigenvalue weighted by Gasteiger charge is 2.07. The summed E-state index contributed by atoms with van der Waals surface area (Å²) < 4.78 is 14.6. The minimum Gasteiger partial charge on any atom is -0.340 e. The molecule has 2 rings (SSSR count). The molecule has 0 bridgehead atoms. The summed E-state index contributed by atoms with van der Waals surface area (Å²) in [6.07, 6.45) is 0. The van der Waals surface area contributed by atoms with E-state index in [1.807, 2.05) is 6.92 Å². The number of rotatable bonds is 2. The second-order valence-corrected chi connectivity index (χ2v) is 5.50. The summed E-state index contributed by atoms with van der Waals surface area (Å²) in [4.78, 5) is 8.35. The van der Waals surface area contributed by atoms with Crippen LogP contribution in [0, 0.1) is 19.7 Å². The Kier molecular flexibility index (Phi) is 3.97. The van der Waals surface area contributed by atoms with Crippen LogP contribution in [0.3, 0.4) is 0 Å². The van der Waals surface area contributed by atoms with E-state index >= 15 is 0 Å². The zero-order chi connectivity index (χ0) is 13.3. The Hall–Kier alpha value is -1.01. The van der Waals surface area contributed by atoms with Gasteiger partial charge in [-0.05, 0) is 63.4 Å². The highest BCUT2D eigenvalue weighted by Crippen LogP contribution is 2.26. The van der Waals surface area contributed by atoms with Gasteiger partial charge in [-0.1, -0.05) is 0 Å². The van der Waals surface area contributed by atoms with Gasteiger partial charge < -0.3 is 5.32 Å². The molecule has 0 spiro atoms. The Labute approximate surface area is 121 Å². The number of benzene rings is 1. The van der Waals surface area contributed by atoms with Crippen molar-refractivity contribution in [1.82, 2.24) is 9.97 Å². The third kappa shape index (κ3) is 3.05. The second kappa shape index (κ2) is 5.32. The van der Waals surface area contributed by atoms with E-state index in [-0.39, 0.29) is 5.82 Å². The number of aromatic nitrogens is 2. The SMILES string of the molecule is Cc1nc(Br)cc(Nc2cc(F)c(Br)cc2C)n1. The van der Waals surface area contributed by atoms with Crippen molar-refractivity contribution in [3.8, 4) is 0 Å². The van der Waals surface area contributed by atoms with Crippen LogP contribution in [0.1, 0.15) is 11.4 Å². The highest BCUT2D eigenvalue weighted by molar-refractivity contribution is 9.10. The number of nitrogens with zero attached hydrogens (tertiary/aromatic N) is 2. The van der Waals surface area contributed by atoms with Crippen molar-refractivity contribution in [2.45, 2.75) is 13.8 Å². The fourth-order valence-corrected chi connectivity index (χ4v) is 2.45. The average molecular weight is 375 g/mol. The first-order valence-electron chi connectivity index (χ1n) is 5.19. The first-order valence-corrected chi connectivity index (χ1v) is 6.78. The lowest BCUT2D eigenvalue weighted by atomic mass is 10.2. The van der Waals surface area contributed by atoms with Crippen LogP contribution in [0.25, 0.3) is 0 Å². The van der Waals surface area contributed by atoms with Gasteiger partial charge in [0.15, 0.2) is 0 Å². The molecular weight excluding hydrogens is 365 g/mol. The number of aryl methyl sites for hydroxylation is 2. The van der Waals surface area contributed by atoms with Crippen LogP contribution in [-0.2, 0) is 0 Å². The largest absolute Gasteiger partial charge is 0.340 e. The molecule has 3 nitrogen and oxygen atoms in total. The van der Waals surface area contributed by atoms with Gasteiger partial charge in [0.1, 0.15) is 22.1 Å². The van der Waals surface area contributed by atoms with Crippen LogP contribution in [-0.4, -0.2) is 9.97 Å². The molecule has 0 saturated carbocycles. The van der Waals surface area contributed by atoms with E-state index in [0.29, 0.717) is 26.4 Å². The van der Waals surface area contributed by atoms with Crippen LogP contribution in [0.2, 0.25) is 0 Å². The van der Waals surface area contributed by atoms with Crippen LogP contribution >= 0.6 is 31.9 Å². The van der Waals surface area contributed by atoms with Crippen LogP contribution in [0.4, 0.5) is 15.9 Å². The Morgan fingerprint density at radius 2 is 1.83 bits per heavy atom. The molecule has 0 atom stereocenters. The van der Waals surface area contributed by atoms with Crippen molar-refractivity contribution in [3.63, 3.8) is 0 Å². The molecule has 0 amide bonds. The fraction of sp³-hybridized carbons (Fsp3) is 0.167. The minimum absolute atomic E-state index is 0.312. The lowest BCUT2D eigenvalue weighted by Crippen LogP contribution is -1.99. The van der Waals surface area contributed by atoms with Gasteiger partial charge in [-0.3, -0.25) is 0 Å². The van der Waals surface area contributed by atoms with Crippen molar-refractivity contribution in [3.05, 3.63) is 44.5 Å². The Morgan fingerprint density at radius 1 is 1.11 bits per heavy atom. The molecule has 0 saturated heterocycles. The maximum Gasteiger partial charge on any atom is 0.139 e. The summed E-state index contributed by atoms with van der Waals surface area (Å²) in [6.45, 7) is 3.70. The molecule has 1 aromatic carbocycles. The third-order valence-corrected chi connectivity index (χ3v) is 3.35. The zero-order valence-corrected chi connectivity index (χ0v) is 12.9. The number of hydrogen-bond acceptors (Lipinski definition) is 3. The summed E-state index contributed by atoms with van der Waals surface area (Å²) in [6, 6.07) is 4.90. The van der Waals surface area contributed by atoms with E-state index in [1.165, 1.54) is 6.07 Å². The van der Waals surface area contributed by atoms with Crippen LogP contribution in [0.5, 0.6) is 0 Å². The second-order valence-electron chi connectivity index (χ2n) is 3.83. The summed E-state index contributed by atoms with van der Waals surface area (Å²) in [5, 5.41) is 3.08. The molecule has 0 aliphatic rings. The summed E-state index contributed by atoms with van der Waals surface area (Å²) in [5.74, 6) is 0.953. The summed E-state index contributed by atoms with van der Waals surface area (Å²) in [7, 11) is 0. The highest BCUT2D eigenvalue weighted by atomic mass is 79.9. The van der Waals surface area contributed by atoms with Crippen molar-refractivity contribution < 1.29 is 4.39 Å². The Bertz CT molecular complexity index is 582. The van der Waals surface area contributed by atoms with Gasteiger partial charge in [-0.25, -0.2) is 14.4 Å². The molecule has 0 radical (unpaired) electrons. The van der Waals surface area contributed by atoms with Gasteiger partial charge in [-0.2, -0.15) is 0 Å². The summed E-state index contributed by atoms with van der Waals surface area (Å²) in [5.41, 5.74) is 1.61. The van der Waals surface area contributed by atoms with Crippen LogP contribution < -0.4 is 5.32 Å². The Morgan fingerprint density at radius 3 is 2.50 bits per heavy atom. The molecule has 18 heavy (non-hydrogen) atoms. The van der Waals surface area contributed by atoms with E-state index in [2.05, 4.69) is 47.1 Å². The van der Waals surface area contributed by atoms with Gasteiger partial charge in [0.05, 0.1) is 4.47 Å². The van der Waals surface area contributed by atoms with Crippen molar-refractivity contribution in [1.29, 1.82) is 0 Å². The van der Waals surface area contributed by atoms with Gasteiger partial charge in [-0.15, -0.1) is 0 Å². The number of anilines is 2. The molecule has 94 valence electrons. The third-order valence-electron chi connectivity index (χ3n) is 2.34. The number of halogens is 3. The van der Waals surface area contributed by atoms with Gasteiger partial charge in [0.2, 0.25) is 0 Å². The van der Waals surface area contributed by atoms with E-state index in [1.54, 1.807) is 19.1 Å². The van der Waals surface area contributed by atoms with Gasteiger partial charge >= 0.3 is 0 Å². The van der Waals surface area contributed by atoms with Crippen molar-refractivity contribution >= 4 is 43.4 Å². The first kappa shape index (κ1) is 13.4. The van der Waals surface area contributed by atoms with Crippen molar-refractivity contribution in [2.75, 3.05) is 5.32 Å². The first-order chi connectivity index (χ1) is 8.45. The molecule has 6 heteroatoms. The van der Waals surface area contributed by atoms with Gasteiger partial charge in [0.25, 0.3) is 0 Å². The quantitative estimate of drug-likeness (QED) is 0.786. The smallest absolute Gasteiger partial charge is 0.139 e. The minimum atomic E-state index is -0.312.